The third kappa shape index (κ3) is 3.91. The minimum atomic E-state index is -1.00. The largest absolute Gasteiger partial charge is 0.480 e. The summed E-state index contributed by atoms with van der Waals surface area (Å²) in [5.41, 5.74) is -0.503. The van der Waals surface area contributed by atoms with Gasteiger partial charge in [0.05, 0.1) is 0 Å². The molecule has 1 fully saturated rings. The Hall–Kier alpha value is -1.26. The minimum absolute atomic E-state index is 0.217. The molecule has 0 aromatic heterocycles. The number of hydrogen-bond donors (Lipinski definition) is 3. The van der Waals surface area contributed by atoms with Gasteiger partial charge in [0.2, 0.25) is 0 Å². The number of rotatable bonds is 4. The van der Waals surface area contributed by atoms with Crippen LogP contribution < -0.4 is 10.6 Å². The van der Waals surface area contributed by atoms with E-state index in [1.807, 2.05) is 0 Å². The van der Waals surface area contributed by atoms with Crippen molar-refractivity contribution < 1.29 is 14.7 Å². The first-order valence-corrected chi connectivity index (χ1v) is 6.05. The quantitative estimate of drug-likeness (QED) is 0.700. The maximum atomic E-state index is 11.6. The number of carbonyl (C=O) groups excluding carboxylic acids is 1. The Balaban J connectivity index is 2.45. The van der Waals surface area contributed by atoms with E-state index in [0.29, 0.717) is 5.92 Å². The molecule has 0 aromatic rings. The Morgan fingerprint density at radius 3 is 2.35 bits per heavy atom. The summed E-state index contributed by atoms with van der Waals surface area (Å²) in [6, 6.07) is -1.04. The number of aliphatic carboxylic acids is 1. The number of amides is 2. The number of carboxylic acid groups (broad SMARTS) is 1. The van der Waals surface area contributed by atoms with Gasteiger partial charge < -0.3 is 15.7 Å². The zero-order valence-corrected chi connectivity index (χ0v) is 10.9. The Kier molecular flexibility index (Phi) is 4.01. The Morgan fingerprint density at radius 2 is 2.00 bits per heavy atom. The van der Waals surface area contributed by atoms with Crippen LogP contribution >= 0.6 is 0 Å². The van der Waals surface area contributed by atoms with Gasteiger partial charge in [-0.15, -0.1) is 0 Å². The monoisotopic (exact) mass is 242 g/mol. The number of hydrogen-bond acceptors (Lipinski definition) is 2. The van der Waals surface area contributed by atoms with Gasteiger partial charge in [0.15, 0.2) is 0 Å². The number of nitrogens with one attached hydrogen (secondary N) is 2. The van der Waals surface area contributed by atoms with E-state index < -0.39 is 17.4 Å². The molecule has 0 radical (unpaired) electrons. The second kappa shape index (κ2) is 4.94. The molecule has 0 aromatic carbocycles. The highest BCUT2D eigenvalue weighted by Crippen LogP contribution is 2.33. The van der Waals surface area contributed by atoms with Crippen molar-refractivity contribution in [2.24, 2.45) is 11.3 Å². The van der Waals surface area contributed by atoms with Crippen molar-refractivity contribution in [1.29, 1.82) is 0 Å². The SMILES string of the molecule is CCC1CC1NC(=O)N[C@H](C(=O)O)C(C)(C)C. The first kappa shape index (κ1) is 13.8. The van der Waals surface area contributed by atoms with Gasteiger partial charge in [0.25, 0.3) is 0 Å². The van der Waals surface area contributed by atoms with Gasteiger partial charge in [-0.3, -0.25) is 0 Å². The molecule has 0 aliphatic heterocycles. The molecule has 0 saturated heterocycles. The molecule has 1 aliphatic carbocycles. The summed E-state index contributed by atoms with van der Waals surface area (Å²) >= 11 is 0. The number of urea groups is 1. The van der Waals surface area contributed by atoms with Gasteiger partial charge in [0.1, 0.15) is 6.04 Å². The van der Waals surface area contributed by atoms with E-state index in [-0.39, 0.29) is 12.1 Å². The van der Waals surface area contributed by atoms with Gasteiger partial charge in [-0.25, -0.2) is 9.59 Å². The van der Waals surface area contributed by atoms with Gasteiger partial charge in [-0.05, 0) is 17.8 Å². The lowest BCUT2D eigenvalue weighted by molar-refractivity contribution is -0.141. The molecule has 2 amide bonds. The summed E-state index contributed by atoms with van der Waals surface area (Å²) in [7, 11) is 0. The van der Waals surface area contributed by atoms with Crippen LogP contribution in [0.1, 0.15) is 40.5 Å². The molecule has 0 bridgehead atoms. The first-order valence-electron chi connectivity index (χ1n) is 6.05. The van der Waals surface area contributed by atoms with E-state index in [0.717, 1.165) is 12.8 Å². The lowest BCUT2D eigenvalue weighted by Gasteiger charge is -2.27. The van der Waals surface area contributed by atoms with Crippen LogP contribution in [0.4, 0.5) is 4.79 Å². The van der Waals surface area contributed by atoms with Gasteiger partial charge in [0, 0.05) is 6.04 Å². The highest BCUT2D eigenvalue weighted by Gasteiger charge is 2.38. The Bertz CT molecular complexity index is 309. The van der Waals surface area contributed by atoms with Gasteiger partial charge in [-0.2, -0.15) is 0 Å². The van der Waals surface area contributed by atoms with E-state index in [9.17, 15) is 9.59 Å². The van der Waals surface area contributed by atoms with Crippen molar-refractivity contribution in [1.82, 2.24) is 10.6 Å². The summed E-state index contributed by atoms with van der Waals surface area (Å²) in [6.07, 6.45) is 2.05. The van der Waals surface area contributed by atoms with E-state index in [4.69, 9.17) is 5.11 Å². The average Bonchev–Trinajstić information content (AvgIpc) is 2.90. The molecule has 17 heavy (non-hydrogen) atoms. The van der Waals surface area contributed by atoms with E-state index >= 15 is 0 Å². The summed E-state index contributed by atoms with van der Waals surface area (Å²) in [5.74, 6) is -0.450. The summed E-state index contributed by atoms with van der Waals surface area (Å²) in [6.45, 7) is 7.45. The van der Waals surface area contributed by atoms with Crippen LogP contribution in [0.3, 0.4) is 0 Å². The van der Waals surface area contributed by atoms with Gasteiger partial charge in [-0.1, -0.05) is 34.1 Å². The van der Waals surface area contributed by atoms with E-state index in [2.05, 4.69) is 17.6 Å². The summed E-state index contributed by atoms with van der Waals surface area (Å²) in [5, 5.41) is 14.4. The van der Waals surface area contributed by atoms with Crippen molar-refractivity contribution in [3.63, 3.8) is 0 Å². The molecule has 1 aliphatic rings. The van der Waals surface area contributed by atoms with E-state index in [1.54, 1.807) is 20.8 Å². The van der Waals surface area contributed by atoms with Crippen LogP contribution in [-0.4, -0.2) is 29.2 Å². The van der Waals surface area contributed by atoms with Crippen molar-refractivity contribution in [3.05, 3.63) is 0 Å². The minimum Gasteiger partial charge on any atom is -0.480 e. The van der Waals surface area contributed by atoms with Crippen molar-refractivity contribution >= 4 is 12.0 Å². The normalized spacial score (nSPS) is 24.9. The maximum absolute atomic E-state index is 11.6. The molecule has 2 unspecified atom stereocenters. The maximum Gasteiger partial charge on any atom is 0.326 e. The fourth-order valence-electron chi connectivity index (χ4n) is 1.87. The van der Waals surface area contributed by atoms with Crippen LogP contribution in [0.2, 0.25) is 0 Å². The molecule has 0 heterocycles. The number of carbonyl (C=O) groups is 2. The molecule has 5 nitrogen and oxygen atoms in total. The fourth-order valence-corrected chi connectivity index (χ4v) is 1.87. The number of carboxylic acids is 1. The molecule has 5 heteroatoms. The molecule has 98 valence electrons. The third-order valence-electron chi connectivity index (χ3n) is 3.15. The van der Waals surface area contributed by atoms with Crippen LogP contribution in [0.25, 0.3) is 0 Å². The van der Waals surface area contributed by atoms with Crippen molar-refractivity contribution in [3.8, 4) is 0 Å². The lowest BCUT2D eigenvalue weighted by atomic mass is 9.87. The molecule has 1 saturated carbocycles. The summed E-state index contributed by atoms with van der Waals surface area (Å²) in [4.78, 5) is 22.7. The zero-order chi connectivity index (χ0) is 13.2. The van der Waals surface area contributed by atoms with E-state index in [1.165, 1.54) is 0 Å². The molecule has 3 N–H and O–H groups in total. The zero-order valence-electron chi connectivity index (χ0n) is 10.9. The highest BCUT2D eigenvalue weighted by molar-refractivity contribution is 5.83. The standard InChI is InChI=1S/C12H22N2O3/c1-5-7-6-8(7)13-11(17)14-9(10(15)16)12(2,3)4/h7-9H,5-6H2,1-4H3,(H,15,16)(H2,13,14,17)/t7?,8?,9-/m1/s1. The van der Waals surface area contributed by atoms with Crippen LogP contribution in [0, 0.1) is 11.3 Å². The second-order valence-electron chi connectivity index (χ2n) is 5.77. The molecular formula is C12H22N2O3. The van der Waals surface area contributed by atoms with Crippen LogP contribution in [0.15, 0.2) is 0 Å². The van der Waals surface area contributed by atoms with Crippen LogP contribution in [0.5, 0.6) is 0 Å². The second-order valence-corrected chi connectivity index (χ2v) is 5.77. The molecule has 1 rings (SSSR count). The predicted octanol–water partition coefficient (Wildman–Crippen LogP) is 1.58. The predicted molar refractivity (Wildman–Crippen MR) is 64.7 cm³/mol. The fraction of sp³-hybridized carbons (Fsp3) is 0.833. The molecular weight excluding hydrogens is 220 g/mol. The molecule has 0 spiro atoms. The first-order chi connectivity index (χ1) is 7.75. The van der Waals surface area contributed by atoms with Crippen molar-refractivity contribution in [2.45, 2.75) is 52.6 Å². The Morgan fingerprint density at radius 1 is 1.41 bits per heavy atom. The summed E-state index contributed by atoms with van der Waals surface area (Å²) < 4.78 is 0. The van der Waals surface area contributed by atoms with Gasteiger partial charge >= 0.3 is 12.0 Å². The smallest absolute Gasteiger partial charge is 0.326 e. The topological polar surface area (TPSA) is 78.4 Å². The molecule has 3 atom stereocenters. The Labute approximate surface area is 102 Å². The lowest BCUT2D eigenvalue weighted by Crippen LogP contribution is -2.52. The van der Waals surface area contributed by atoms with Crippen LogP contribution in [-0.2, 0) is 4.79 Å². The average molecular weight is 242 g/mol. The highest BCUT2D eigenvalue weighted by atomic mass is 16.4. The third-order valence-corrected chi connectivity index (χ3v) is 3.15. The van der Waals surface area contributed by atoms with Crippen molar-refractivity contribution in [2.75, 3.05) is 0 Å².